The lowest BCUT2D eigenvalue weighted by Crippen LogP contribution is -2.27. The Morgan fingerprint density at radius 1 is 1.23 bits per heavy atom. The van der Waals surface area contributed by atoms with E-state index >= 15 is 0 Å². The number of halogens is 2. The Bertz CT molecular complexity index is 844. The van der Waals surface area contributed by atoms with Gasteiger partial charge in [0.25, 0.3) is 5.91 Å². The largest absolute Gasteiger partial charge is 0.351 e. The topological polar surface area (TPSA) is 44.9 Å². The molecule has 0 spiro atoms. The van der Waals surface area contributed by atoms with Gasteiger partial charge in [-0.2, -0.15) is 0 Å². The molecule has 22 heavy (non-hydrogen) atoms. The summed E-state index contributed by atoms with van der Waals surface area (Å²) in [6.45, 7) is 1.86. The number of hydrogen-bond donors (Lipinski definition) is 2. The molecule has 0 saturated carbocycles. The number of carbonyl (C=O) groups excluding carboxylic acids is 1. The average molecular weight is 317 g/mol. The number of hydrogen-bond acceptors (Lipinski definition) is 1. The van der Waals surface area contributed by atoms with Crippen molar-refractivity contribution in [2.24, 2.45) is 0 Å². The summed E-state index contributed by atoms with van der Waals surface area (Å²) in [4.78, 5) is 15.3. The fourth-order valence-electron chi connectivity index (χ4n) is 2.40. The lowest BCUT2D eigenvalue weighted by atomic mass is 10.1. The van der Waals surface area contributed by atoms with E-state index in [2.05, 4.69) is 10.3 Å². The molecule has 0 fully saturated rings. The van der Waals surface area contributed by atoms with Gasteiger partial charge in [0.15, 0.2) is 0 Å². The first-order valence-electron chi connectivity index (χ1n) is 6.88. The first kappa shape index (κ1) is 14.6. The molecule has 0 saturated heterocycles. The lowest BCUT2D eigenvalue weighted by molar-refractivity contribution is 0.0935. The summed E-state index contributed by atoms with van der Waals surface area (Å²) >= 11 is 6.13. The highest BCUT2D eigenvalue weighted by atomic mass is 35.5. The molecule has 1 atom stereocenters. The molecule has 1 heterocycles. The van der Waals surface area contributed by atoms with Crippen LogP contribution in [0.2, 0.25) is 5.02 Å². The highest BCUT2D eigenvalue weighted by Gasteiger charge is 2.15. The SMILES string of the molecule is CC(NC(=O)c1cc2cc(F)ccc2[nH]1)c1ccccc1Cl. The molecule has 0 radical (unpaired) electrons. The molecule has 3 nitrogen and oxygen atoms in total. The molecular formula is C17H14ClFN2O. The first-order chi connectivity index (χ1) is 10.5. The van der Waals surface area contributed by atoms with Crippen molar-refractivity contribution in [1.82, 2.24) is 10.3 Å². The number of aromatic amines is 1. The zero-order chi connectivity index (χ0) is 15.7. The van der Waals surface area contributed by atoms with Gasteiger partial charge in [0.05, 0.1) is 6.04 Å². The molecule has 0 aliphatic rings. The van der Waals surface area contributed by atoms with Crippen molar-refractivity contribution in [1.29, 1.82) is 0 Å². The van der Waals surface area contributed by atoms with Crippen LogP contribution in [0.3, 0.4) is 0 Å². The predicted molar refractivity (Wildman–Crippen MR) is 85.6 cm³/mol. The van der Waals surface area contributed by atoms with Crippen LogP contribution in [0.25, 0.3) is 10.9 Å². The van der Waals surface area contributed by atoms with Gasteiger partial charge in [0.2, 0.25) is 0 Å². The van der Waals surface area contributed by atoms with Crippen molar-refractivity contribution in [2.45, 2.75) is 13.0 Å². The molecule has 2 aromatic carbocycles. The van der Waals surface area contributed by atoms with Crippen LogP contribution in [0.15, 0.2) is 48.5 Å². The number of benzene rings is 2. The summed E-state index contributed by atoms with van der Waals surface area (Å²) in [6, 6.07) is 13.1. The van der Waals surface area contributed by atoms with Crippen LogP contribution in [0.5, 0.6) is 0 Å². The van der Waals surface area contributed by atoms with Crippen molar-refractivity contribution in [3.8, 4) is 0 Å². The fraction of sp³-hybridized carbons (Fsp3) is 0.118. The van der Waals surface area contributed by atoms with Gasteiger partial charge >= 0.3 is 0 Å². The van der Waals surface area contributed by atoms with Crippen molar-refractivity contribution in [2.75, 3.05) is 0 Å². The average Bonchev–Trinajstić information content (AvgIpc) is 2.90. The zero-order valence-corrected chi connectivity index (χ0v) is 12.6. The number of fused-ring (bicyclic) bond motifs is 1. The standard InChI is InChI=1S/C17H14ClFN2O/c1-10(13-4-2-3-5-14(13)18)20-17(22)16-9-11-8-12(19)6-7-15(11)21-16/h2-10,21H,1H3,(H,20,22). The van der Waals surface area contributed by atoms with E-state index in [0.717, 1.165) is 11.1 Å². The van der Waals surface area contributed by atoms with Crippen molar-refractivity contribution >= 4 is 28.4 Å². The van der Waals surface area contributed by atoms with Gasteiger partial charge in [-0.25, -0.2) is 4.39 Å². The van der Waals surface area contributed by atoms with Crippen molar-refractivity contribution in [3.05, 3.63) is 70.6 Å². The van der Waals surface area contributed by atoms with Crippen LogP contribution in [0.1, 0.15) is 29.0 Å². The molecular weight excluding hydrogens is 303 g/mol. The highest BCUT2D eigenvalue weighted by Crippen LogP contribution is 2.23. The minimum absolute atomic E-state index is 0.232. The molecule has 0 bridgehead atoms. The first-order valence-corrected chi connectivity index (χ1v) is 7.26. The number of amides is 1. The van der Waals surface area contributed by atoms with Crippen LogP contribution in [-0.2, 0) is 0 Å². The van der Waals surface area contributed by atoms with Crippen LogP contribution >= 0.6 is 11.6 Å². The minimum Gasteiger partial charge on any atom is -0.351 e. The van der Waals surface area contributed by atoms with E-state index in [9.17, 15) is 9.18 Å². The van der Waals surface area contributed by atoms with Crippen molar-refractivity contribution in [3.63, 3.8) is 0 Å². The molecule has 3 aromatic rings. The number of carbonyl (C=O) groups is 1. The summed E-state index contributed by atoms with van der Waals surface area (Å²) < 4.78 is 13.2. The number of nitrogens with one attached hydrogen (secondary N) is 2. The van der Waals surface area contributed by atoms with E-state index in [1.54, 1.807) is 18.2 Å². The number of rotatable bonds is 3. The summed E-state index contributed by atoms with van der Waals surface area (Å²) in [6.07, 6.45) is 0. The predicted octanol–water partition coefficient (Wildman–Crippen LogP) is 4.45. The van der Waals surface area contributed by atoms with Crippen molar-refractivity contribution < 1.29 is 9.18 Å². The van der Waals surface area contributed by atoms with E-state index in [0.29, 0.717) is 16.1 Å². The normalized spacial score (nSPS) is 12.3. The summed E-state index contributed by atoms with van der Waals surface area (Å²) in [7, 11) is 0. The molecule has 1 amide bonds. The van der Waals surface area contributed by atoms with Gasteiger partial charge in [0.1, 0.15) is 11.5 Å². The van der Waals surface area contributed by atoms with Gasteiger partial charge in [-0.05, 0) is 42.8 Å². The Morgan fingerprint density at radius 3 is 2.77 bits per heavy atom. The maximum Gasteiger partial charge on any atom is 0.268 e. The quantitative estimate of drug-likeness (QED) is 0.736. The molecule has 3 rings (SSSR count). The Morgan fingerprint density at radius 2 is 2.00 bits per heavy atom. The second-order valence-electron chi connectivity index (χ2n) is 5.13. The zero-order valence-electron chi connectivity index (χ0n) is 11.9. The smallest absolute Gasteiger partial charge is 0.268 e. The fourth-order valence-corrected chi connectivity index (χ4v) is 2.70. The summed E-state index contributed by atoms with van der Waals surface area (Å²) in [5.74, 6) is -0.591. The monoisotopic (exact) mass is 316 g/mol. The van der Waals surface area contributed by atoms with E-state index in [1.165, 1.54) is 12.1 Å². The molecule has 1 aromatic heterocycles. The molecule has 5 heteroatoms. The van der Waals surface area contributed by atoms with Gasteiger partial charge in [0, 0.05) is 15.9 Å². The van der Waals surface area contributed by atoms with Gasteiger partial charge < -0.3 is 10.3 Å². The Labute approximate surface area is 132 Å². The lowest BCUT2D eigenvalue weighted by Gasteiger charge is -2.15. The van der Waals surface area contributed by atoms with Gasteiger partial charge in [-0.1, -0.05) is 29.8 Å². The van der Waals surface area contributed by atoms with E-state index in [-0.39, 0.29) is 17.8 Å². The maximum atomic E-state index is 13.2. The van der Waals surface area contributed by atoms with E-state index < -0.39 is 0 Å². The Hall–Kier alpha value is -2.33. The third-order valence-corrected chi connectivity index (χ3v) is 3.89. The van der Waals surface area contributed by atoms with Gasteiger partial charge in [-0.15, -0.1) is 0 Å². The second-order valence-corrected chi connectivity index (χ2v) is 5.54. The maximum absolute atomic E-state index is 13.2. The van der Waals surface area contributed by atoms with E-state index in [1.807, 2.05) is 25.1 Å². The number of aromatic nitrogens is 1. The molecule has 0 aliphatic heterocycles. The van der Waals surface area contributed by atoms with Crippen LogP contribution in [0, 0.1) is 5.82 Å². The highest BCUT2D eigenvalue weighted by molar-refractivity contribution is 6.31. The molecule has 112 valence electrons. The molecule has 2 N–H and O–H groups in total. The summed E-state index contributed by atoms with van der Waals surface area (Å²) in [5.41, 5.74) is 1.95. The summed E-state index contributed by atoms with van der Waals surface area (Å²) in [5, 5.41) is 4.15. The number of H-pyrrole nitrogens is 1. The molecule has 1 unspecified atom stereocenters. The van der Waals surface area contributed by atoms with E-state index in [4.69, 9.17) is 11.6 Å². The van der Waals surface area contributed by atoms with Crippen LogP contribution < -0.4 is 5.32 Å². The van der Waals surface area contributed by atoms with Gasteiger partial charge in [-0.3, -0.25) is 4.79 Å². The second kappa shape index (κ2) is 5.81. The third kappa shape index (κ3) is 2.83. The van der Waals surface area contributed by atoms with Crippen LogP contribution in [0.4, 0.5) is 4.39 Å². The Balaban J connectivity index is 1.82. The Kier molecular flexibility index (Phi) is 3.86. The minimum atomic E-state index is -0.331. The molecule has 0 aliphatic carbocycles. The third-order valence-electron chi connectivity index (χ3n) is 3.55. The van der Waals surface area contributed by atoms with Crippen LogP contribution in [-0.4, -0.2) is 10.9 Å².